The quantitative estimate of drug-likeness (QED) is 0.0645. The highest BCUT2D eigenvalue weighted by Crippen LogP contribution is 2.44. The molecule has 3 heterocycles. The highest BCUT2D eigenvalue weighted by Gasteiger charge is 2.37. The van der Waals surface area contributed by atoms with Crippen LogP contribution < -0.4 is 30.3 Å². The number of fused-ring (bicyclic) bond motifs is 2. The number of unbranched alkanes of at least 4 members (excludes halogenated alkanes) is 1. The number of anilines is 2. The maximum atomic E-state index is 14.1. The van der Waals surface area contributed by atoms with Crippen molar-refractivity contribution in [3.8, 4) is 11.5 Å². The molecule has 70 heavy (non-hydrogen) atoms. The van der Waals surface area contributed by atoms with Gasteiger partial charge in [0.05, 0.1) is 43.1 Å². The number of amides is 4. The summed E-state index contributed by atoms with van der Waals surface area (Å²) in [5.74, 6) is -0.228. The molecule has 1 saturated carbocycles. The number of benzene rings is 4. The molecule has 4 aromatic carbocycles. The number of nitrogens with zero attached hydrogens (tertiary/aromatic N) is 5. The first-order valence-corrected chi connectivity index (χ1v) is 24.8. The molecule has 0 bridgehead atoms. The first kappa shape index (κ1) is 49.8. The van der Waals surface area contributed by atoms with E-state index < -0.39 is 24.0 Å². The Morgan fingerprint density at radius 2 is 1.60 bits per heavy atom. The molecular weight excluding hydrogens is 912 g/mol. The van der Waals surface area contributed by atoms with Gasteiger partial charge in [-0.05, 0) is 154 Å². The van der Waals surface area contributed by atoms with Crippen LogP contribution in [0, 0.1) is 5.92 Å². The minimum absolute atomic E-state index is 0.0281. The van der Waals surface area contributed by atoms with Gasteiger partial charge in [0.25, 0.3) is 0 Å². The summed E-state index contributed by atoms with van der Waals surface area (Å²) >= 11 is 6.33. The molecule has 2 N–H and O–H groups in total. The summed E-state index contributed by atoms with van der Waals surface area (Å²) in [6, 6.07) is 24.1. The Kier molecular flexibility index (Phi) is 15.4. The van der Waals surface area contributed by atoms with Gasteiger partial charge in [-0.2, -0.15) is 0 Å². The number of hydrogen-bond donors (Lipinski definition) is 2. The number of piperidine rings is 1. The van der Waals surface area contributed by atoms with Gasteiger partial charge >= 0.3 is 11.7 Å². The maximum absolute atomic E-state index is 14.1. The third kappa shape index (κ3) is 10.9. The van der Waals surface area contributed by atoms with Gasteiger partial charge in [-0.1, -0.05) is 29.8 Å². The average molecular weight is 976 g/mol. The van der Waals surface area contributed by atoms with E-state index in [9.17, 15) is 33.9 Å². The number of carbonyl (C=O) groups excluding carboxylic acids is 4. The fourth-order valence-electron chi connectivity index (χ4n) is 10.6. The number of aryl methyl sites for hydroxylation is 2. The molecule has 0 radical (unpaired) electrons. The van der Waals surface area contributed by atoms with Gasteiger partial charge in [-0.15, -0.1) is 0 Å². The predicted molar refractivity (Wildman–Crippen MR) is 269 cm³/mol. The minimum Gasteiger partial charge on any atom is -0.493 e. The van der Waals surface area contributed by atoms with Gasteiger partial charge in [0, 0.05) is 62.5 Å². The Morgan fingerprint density at radius 3 is 2.27 bits per heavy atom. The molecule has 8 rings (SSSR count). The number of aliphatic carboxylic acids is 1. The molecule has 4 amide bonds. The lowest BCUT2D eigenvalue weighted by molar-refractivity contribution is -0.140. The molecule has 2 fully saturated rings. The van der Waals surface area contributed by atoms with Crippen molar-refractivity contribution >= 4 is 63.6 Å². The van der Waals surface area contributed by atoms with Gasteiger partial charge < -0.3 is 29.3 Å². The fourth-order valence-corrected chi connectivity index (χ4v) is 10.7. The van der Waals surface area contributed by atoms with Crippen LogP contribution in [0.1, 0.15) is 112 Å². The van der Waals surface area contributed by atoms with Crippen LogP contribution in [0.4, 0.5) is 11.4 Å². The molecule has 1 aliphatic carbocycles. The molecule has 3 aliphatic rings. The van der Waals surface area contributed by atoms with Gasteiger partial charge in [-0.25, -0.2) is 4.79 Å². The second-order valence-corrected chi connectivity index (χ2v) is 19.7. The molecule has 370 valence electrons. The van der Waals surface area contributed by atoms with Gasteiger partial charge in [0.1, 0.15) is 6.04 Å². The summed E-state index contributed by atoms with van der Waals surface area (Å²) in [4.78, 5) is 83.0. The van der Waals surface area contributed by atoms with Crippen LogP contribution >= 0.6 is 11.6 Å². The van der Waals surface area contributed by atoms with Crippen molar-refractivity contribution in [1.82, 2.24) is 19.4 Å². The molecule has 0 spiro atoms. The van der Waals surface area contributed by atoms with E-state index in [4.69, 9.17) is 21.1 Å². The van der Waals surface area contributed by atoms with Gasteiger partial charge in [0.2, 0.25) is 23.6 Å². The van der Waals surface area contributed by atoms with E-state index in [1.165, 1.54) is 9.13 Å². The minimum atomic E-state index is -0.934. The lowest BCUT2D eigenvalue weighted by atomic mass is 9.84. The maximum Gasteiger partial charge on any atom is 0.329 e. The number of carbonyl (C=O) groups is 5. The zero-order chi connectivity index (χ0) is 49.8. The molecule has 15 nitrogen and oxygen atoms in total. The summed E-state index contributed by atoms with van der Waals surface area (Å²) in [6.45, 7) is 4.92. The molecule has 5 aromatic rings. The van der Waals surface area contributed by atoms with Crippen LogP contribution in [0.3, 0.4) is 0 Å². The van der Waals surface area contributed by atoms with Crippen molar-refractivity contribution in [3.63, 3.8) is 0 Å². The zero-order valence-corrected chi connectivity index (χ0v) is 41.4. The van der Waals surface area contributed by atoms with Crippen molar-refractivity contribution in [1.29, 1.82) is 0 Å². The molecule has 1 unspecified atom stereocenters. The summed E-state index contributed by atoms with van der Waals surface area (Å²) < 4.78 is 14.8. The number of nitrogens with one attached hydrogen (secondary N) is 1. The second-order valence-electron chi connectivity index (χ2n) is 19.3. The molecule has 2 aliphatic heterocycles. The second kappa shape index (κ2) is 21.6. The van der Waals surface area contributed by atoms with E-state index >= 15 is 0 Å². The topological polar surface area (TPSA) is 173 Å². The standard InChI is InChI=1S/C54H63ClN6O9/c1-33(2)70-47-31-42-37(29-46(47)69-5)30-50(64)60(52(42)36-13-15-38(55)16-14-36)41-21-19-39(20-22-41)57(3)32-35-10-17-40(18-11-35)59(27-26-51(65)66)49(63)9-7-6-8-34-12-23-43-45(28-34)58(4)54(68)61(43)44-24-25-48(62)56-53(44)67/h12-16,19-23,28-29,31,33,35,40,44,52H,6-11,17-18,24-27,30,32H2,1-5H3,(H,65,66)(H,56,62,67)/t35?,40?,44?,52-/m0/s1. The van der Waals surface area contributed by atoms with Crippen LogP contribution in [-0.2, 0) is 43.9 Å². The number of carboxylic acid groups (broad SMARTS) is 1. The lowest BCUT2D eigenvalue weighted by Gasteiger charge is -2.39. The summed E-state index contributed by atoms with van der Waals surface area (Å²) in [5, 5.41) is 12.5. The van der Waals surface area contributed by atoms with Gasteiger partial charge in [-0.3, -0.25) is 38.4 Å². The third-order valence-corrected chi connectivity index (χ3v) is 14.4. The highest BCUT2D eigenvalue weighted by molar-refractivity contribution is 6.30. The predicted octanol–water partition coefficient (Wildman–Crippen LogP) is 8.16. The SMILES string of the molecule is COc1cc2c(cc1OC(C)C)[C@H](c1ccc(Cl)cc1)N(c1ccc(N(C)CC3CCC(N(CCC(=O)O)C(=O)CCCCc4ccc5c(c4)n(C)c(=O)n5C4CCC(=O)NC4=O)CC3)cc1)C(=O)C2. The number of imide groups is 1. The summed E-state index contributed by atoms with van der Waals surface area (Å²) in [5.41, 5.74) is 6.55. The molecule has 1 aromatic heterocycles. The normalized spacial score (nSPS) is 19.2. The van der Waals surface area contributed by atoms with E-state index in [1.54, 1.807) is 19.1 Å². The van der Waals surface area contributed by atoms with Crippen LogP contribution in [0.2, 0.25) is 5.02 Å². The van der Waals surface area contributed by atoms with E-state index in [1.807, 2.05) is 85.5 Å². The van der Waals surface area contributed by atoms with E-state index in [0.717, 1.165) is 72.3 Å². The Hall–Kier alpha value is -6.61. The fraction of sp³-hybridized carbons (Fsp3) is 0.444. The Balaban J connectivity index is 0.872. The largest absolute Gasteiger partial charge is 0.493 e. The van der Waals surface area contributed by atoms with Crippen molar-refractivity contribution in [2.45, 2.75) is 115 Å². The van der Waals surface area contributed by atoms with Gasteiger partial charge in [0.15, 0.2) is 11.5 Å². The molecule has 16 heteroatoms. The van der Waals surface area contributed by atoms with Crippen molar-refractivity contribution in [3.05, 3.63) is 117 Å². The number of hydrogen-bond acceptors (Lipinski definition) is 9. The monoisotopic (exact) mass is 974 g/mol. The first-order chi connectivity index (χ1) is 33.6. The van der Waals surface area contributed by atoms with Crippen LogP contribution in [0.5, 0.6) is 11.5 Å². The zero-order valence-electron chi connectivity index (χ0n) is 40.6. The Morgan fingerprint density at radius 1 is 0.871 bits per heavy atom. The Labute approximate surface area is 413 Å². The number of halogens is 1. The Bertz CT molecular complexity index is 2810. The van der Waals surface area contributed by atoms with Crippen molar-refractivity contribution in [2.24, 2.45) is 13.0 Å². The molecular formula is C54H63ClN6O9. The van der Waals surface area contributed by atoms with Crippen LogP contribution in [0.25, 0.3) is 11.0 Å². The number of aromatic nitrogens is 2. The van der Waals surface area contributed by atoms with Crippen molar-refractivity contribution in [2.75, 3.05) is 37.0 Å². The molecule has 1 saturated heterocycles. The number of methoxy groups -OCH3 is 1. The van der Waals surface area contributed by atoms with E-state index in [0.29, 0.717) is 52.7 Å². The first-order valence-electron chi connectivity index (χ1n) is 24.4. The van der Waals surface area contributed by atoms with E-state index in [2.05, 4.69) is 29.4 Å². The summed E-state index contributed by atoms with van der Waals surface area (Å²) in [6.07, 6.45) is 6.17. The number of carboxylic acids is 1. The third-order valence-electron chi connectivity index (χ3n) is 14.2. The average Bonchev–Trinajstić information content (AvgIpc) is 3.57. The summed E-state index contributed by atoms with van der Waals surface area (Å²) in [7, 11) is 5.34. The number of ether oxygens (including phenoxy) is 2. The number of imidazole rings is 1. The number of rotatable bonds is 18. The van der Waals surface area contributed by atoms with Crippen LogP contribution in [0.15, 0.2) is 83.7 Å². The highest BCUT2D eigenvalue weighted by atomic mass is 35.5. The molecule has 2 atom stereocenters. The smallest absolute Gasteiger partial charge is 0.329 e. The van der Waals surface area contributed by atoms with Crippen LogP contribution in [-0.4, -0.2) is 88.1 Å². The lowest BCUT2D eigenvalue weighted by Crippen LogP contribution is -2.44. The van der Waals surface area contributed by atoms with E-state index in [-0.39, 0.29) is 67.8 Å². The van der Waals surface area contributed by atoms with Crippen molar-refractivity contribution < 1.29 is 38.6 Å².